The van der Waals surface area contributed by atoms with E-state index in [4.69, 9.17) is 4.74 Å². The Morgan fingerprint density at radius 2 is 2.03 bits per heavy atom. The Hall–Kier alpha value is -2.56. The number of H-pyrrole nitrogens is 1. The van der Waals surface area contributed by atoms with Crippen LogP contribution in [0.4, 0.5) is 0 Å². The lowest BCUT2D eigenvalue weighted by molar-refractivity contribution is -0.0402. The second-order valence-electron chi connectivity index (χ2n) is 10.2. The van der Waals surface area contributed by atoms with Gasteiger partial charge in [-0.05, 0) is 79.3 Å². The quantitative estimate of drug-likeness (QED) is 0.595. The van der Waals surface area contributed by atoms with Gasteiger partial charge in [-0.1, -0.05) is 36.4 Å². The smallest absolute Gasteiger partial charge is 0.119 e. The highest BCUT2D eigenvalue weighted by atomic mass is 16.5. The molecule has 0 bridgehead atoms. The van der Waals surface area contributed by atoms with Gasteiger partial charge in [0.1, 0.15) is 5.75 Å². The molecule has 3 heterocycles. The predicted octanol–water partition coefficient (Wildman–Crippen LogP) is 5.12. The van der Waals surface area contributed by atoms with E-state index in [0.717, 1.165) is 50.1 Å². The zero-order chi connectivity index (χ0) is 21.9. The first-order valence-corrected chi connectivity index (χ1v) is 11.9. The number of aliphatic hydroxyl groups excluding tert-OH is 1. The van der Waals surface area contributed by atoms with Gasteiger partial charge in [0.05, 0.1) is 18.8 Å². The van der Waals surface area contributed by atoms with Crippen LogP contribution >= 0.6 is 0 Å². The van der Waals surface area contributed by atoms with Gasteiger partial charge in [0.25, 0.3) is 0 Å². The molecule has 2 aliphatic heterocycles. The monoisotopic (exact) mass is 428 g/mol. The summed E-state index contributed by atoms with van der Waals surface area (Å²) in [6.45, 7) is 4.65. The topological polar surface area (TPSA) is 48.5 Å². The molecule has 32 heavy (non-hydrogen) atoms. The van der Waals surface area contributed by atoms with Crippen molar-refractivity contribution in [2.24, 2.45) is 11.8 Å². The summed E-state index contributed by atoms with van der Waals surface area (Å²) in [4.78, 5) is 6.50. The third-order valence-corrected chi connectivity index (χ3v) is 8.36. The third kappa shape index (κ3) is 3.12. The Labute approximate surface area is 189 Å². The van der Waals surface area contributed by atoms with Crippen molar-refractivity contribution in [3.8, 4) is 5.75 Å². The number of nitrogens with zero attached hydrogens (tertiary/aromatic N) is 1. The molecule has 0 spiro atoms. The molecule has 3 aliphatic rings. The number of rotatable bonds is 2. The lowest BCUT2D eigenvalue weighted by atomic mass is 9.64. The summed E-state index contributed by atoms with van der Waals surface area (Å²) in [5.74, 6) is 2.01. The molecule has 1 saturated carbocycles. The fraction of sp³-hybridized carbons (Fsp3) is 0.429. The highest BCUT2D eigenvalue weighted by Crippen LogP contribution is 2.51. The van der Waals surface area contributed by atoms with Gasteiger partial charge in [-0.2, -0.15) is 0 Å². The first kappa shape index (κ1) is 20.1. The Morgan fingerprint density at radius 1 is 1.16 bits per heavy atom. The molecular formula is C28H32N2O2. The number of aliphatic hydroxyl groups is 1. The number of methoxy groups -OCH3 is 1. The van der Waals surface area contributed by atoms with Crippen molar-refractivity contribution < 1.29 is 9.84 Å². The van der Waals surface area contributed by atoms with Crippen LogP contribution in [-0.2, 0) is 12.0 Å². The molecule has 4 heteroatoms. The fourth-order valence-electron chi connectivity index (χ4n) is 6.69. The number of hydrogen-bond acceptors (Lipinski definition) is 3. The minimum absolute atomic E-state index is 0.0293. The Balaban J connectivity index is 1.29. The minimum atomic E-state index is -0.358. The highest BCUT2D eigenvalue weighted by Gasteiger charge is 2.49. The zero-order valence-corrected chi connectivity index (χ0v) is 19.0. The molecule has 2 fully saturated rings. The zero-order valence-electron chi connectivity index (χ0n) is 19.0. The van der Waals surface area contributed by atoms with Crippen molar-refractivity contribution in [1.82, 2.24) is 9.88 Å². The van der Waals surface area contributed by atoms with E-state index in [1.807, 2.05) is 18.2 Å². The minimum Gasteiger partial charge on any atom is -0.497 e. The van der Waals surface area contributed by atoms with Crippen LogP contribution in [0.1, 0.15) is 43.0 Å². The summed E-state index contributed by atoms with van der Waals surface area (Å²) in [6, 6.07) is 16.8. The highest BCUT2D eigenvalue weighted by molar-refractivity contribution is 5.85. The maximum absolute atomic E-state index is 11.1. The maximum Gasteiger partial charge on any atom is 0.119 e. The molecule has 3 aromatic rings. The van der Waals surface area contributed by atoms with Crippen molar-refractivity contribution >= 4 is 17.0 Å². The molecule has 4 atom stereocenters. The average molecular weight is 429 g/mol. The van der Waals surface area contributed by atoms with Crippen LogP contribution < -0.4 is 4.74 Å². The third-order valence-electron chi connectivity index (χ3n) is 8.36. The number of para-hydroxylation sites is 1. The van der Waals surface area contributed by atoms with Crippen LogP contribution in [0.5, 0.6) is 5.75 Å². The molecule has 1 aromatic heterocycles. The van der Waals surface area contributed by atoms with Crippen LogP contribution in [-0.4, -0.2) is 41.3 Å². The number of hydrogen-bond donors (Lipinski definition) is 2. The van der Waals surface area contributed by atoms with Crippen LogP contribution in [0.25, 0.3) is 17.0 Å². The molecule has 0 radical (unpaired) electrons. The summed E-state index contributed by atoms with van der Waals surface area (Å²) in [6.07, 6.45) is 5.89. The van der Waals surface area contributed by atoms with Crippen LogP contribution in [0.2, 0.25) is 0 Å². The van der Waals surface area contributed by atoms with Gasteiger partial charge >= 0.3 is 0 Å². The molecule has 2 N–H and O–H groups in total. The van der Waals surface area contributed by atoms with Crippen LogP contribution in [0.15, 0.2) is 54.1 Å². The fourth-order valence-corrected chi connectivity index (χ4v) is 6.69. The number of piperidine rings is 1. The normalized spacial score (nSPS) is 31.2. The van der Waals surface area contributed by atoms with Gasteiger partial charge in [0, 0.05) is 29.7 Å². The van der Waals surface area contributed by atoms with E-state index in [9.17, 15) is 5.11 Å². The van der Waals surface area contributed by atoms with Crippen molar-refractivity contribution in [3.05, 3.63) is 70.9 Å². The van der Waals surface area contributed by atoms with Gasteiger partial charge in [-0.25, -0.2) is 0 Å². The van der Waals surface area contributed by atoms with Crippen LogP contribution in [0.3, 0.4) is 0 Å². The predicted molar refractivity (Wildman–Crippen MR) is 129 cm³/mol. The van der Waals surface area contributed by atoms with Crippen LogP contribution in [0, 0.1) is 11.8 Å². The largest absolute Gasteiger partial charge is 0.497 e. The van der Waals surface area contributed by atoms with Gasteiger partial charge in [0.15, 0.2) is 0 Å². The number of fused-ring (bicyclic) bond motifs is 6. The van der Waals surface area contributed by atoms with Crippen molar-refractivity contribution in [2.45, 2.75) is 44.2 Å². The molecule has 1 aliphatic carbocycles. The second kappa shape index (κ2) is 7.50. The summed E-state index contributed by atoms with van der Waals surface area (Å²) >= 11 is 0. The summed E-state index contributed by atoms with van der Waals surface area (Å²) < 4.78 is 5.38. The Kier molecular flexibility index (Phi) is 4.70. The van der Waals surface area contributed by atoms with E-state index >= 15 is 0 Å². The second-order valence-corrected chi connectivity index (χ2v) is 10.2. The van der Waals surface area contributed by atoms with Crippen molar-refractivity contribution in [3.63, 3.8) is 0 Å². The number of nitrogens with one attached hydrogen (secondary N) is 1. The average Bonchev–Trinajstić information content (AvgIpc) is 3.19. The summed E-state index contributed by atoms with van der Waals surface area (Å²) in [7, 11) is 1.70. The lowest BCUT2D eigenvalue weighted by Gasteiger charge is -2.55. The Morgan fingerprint density at radius 3 is 2.91 bits per heavy atom. The van der Waals surface area contributed by atoms with Gasteiger partial charge in [-0.15, -0.1) is 0 Å². The standard InChI is InChI=1S/C28H32N2O2/c1-28-16-20-15-26(31)19(12-18-6-5-7-22(13-18)32-2)14-21(20)17-30(28)11-10-24-23-8-3-4-9-25(23)29-27(24)28/h3-9,12-13,20-21,26,29,31H,10-11,14-17H2,1-2H3/t20?,21?,26-,28-/m0/s1. The maximum atomic E-state index is 11.1. The van der Waals surface area contributed by atoms with E-state index in [2.05, 4.69) is 53.2 Å². The number of aromatic amines is 1. The van der Waals surface area contributed by atoms with Gasteiger partial charge in [0.2, 0.25) is 0 Å². The van der Waals surface area contributed by atoms with E-state index in [0.29, 0.717) is 11.8 Å². The molecule has 1 saturated heterocycles. The Bertz CT molecular complexity index is 1200. The molecule has 2 aromatic carbocycles. The van der Waals surface area contributed by atoms with Gasteiger partial charge < -0.3 is 14.8 Å². The van der Waals surface area contributed by atoms with Gasteiger partial charge in [-0.3, -0.25) is 4.90 Å². The van der Waals surface area contributed by atoms with E-state index in [-0.39, 0.29) is 11.6 Å². The SMILES string of the molecule is COc1cccc(C=C2CC3CN4CCc5c([nH]c6ccccc56)[C@]4(C)CC3C[C@@H]2O)c1. The number of benzene rings is 2. The summed E-state index contributed by atoms with van der Waals surface area (Å²) in [5, 5.41) is 12.5. The lowest BCUT2D eigenvalue weighted by Crippen LogP contribution is -2.57. The molecular weight excluding hydrogens is 396 g/mol. The molecule has 2 unspecified atom stereocenters. The van der Waals surface area contributed by atoms with E-state index in [1.165, 1.54) is 27.7 Å². The molecule has 4 nitrogen and oxygen atoms in total. The summed E-state index contributed by atoms with van der Waals surface area (Å²) in [5.41, 5.74) is 6.49. The first-order chi connectivity index (χ1) is 15.5. The van der Waals surface area contributed by atoms with E-state index < -0.39 is 0 Å². The van der Waals surface area contributed by atoms with E-state index in [1.54, 1.807) is 7.11 Å². The first-order valence-electron chi connectivity index (χ1n) is 11.9. The van der Waals surface area contributed by atoms with Crippen molar-refractivity contribution in [1.29, 1.82) is 0 Å². The molecule has 166 valence electrons. The van der Waals surface area contributed by atoms with Crippen molar-refractivity contribution in [2.75, 3.05) is 20.2 Å². The molecule has 0 amide bonds. The number of ether oxygens (including phenoxy) is 1. The number of aromatic nitrogens is 1. The molecule has 6 rings (SSSR count).